The molecule has 0 unspecified atom stereocenters. The second-order valence-corrected chi connectivity index (χ2v) is 2.72. The molecule has 0 amide bonds. The van der Waals surface area contributed by atoms with E-state index in [4.69, 9.17) is 17.3 Å². The summed E-state index contributed by atoms with van der Waals surface area (Å²) in [7, 11) is 0. The fraction of sp³-hybridized carbons (Fsp3) is 0. The highest BCUT2D eigenvalue weighted by Crippen LogP contribution is 2.25. The van der Waals surface area contributed by atoms with Crippen molar-refractivity contribution < 1.29 is 0 Å². The average Bonchev–Trinajstić information content (AvgIpc) is 1.83. The van der Waals surface area contributed by atoms with E-state index >= 15 is 0 Å². The van der Waals surface area contributed by atoms with Gasteiger partial charge >= 0.3 is 0 Å². The minimum atomic E-state index is 0.353. The van der Waals surface area contributed by atoms with Crippen LogP contribution in [0.2, 0.25) is 5.02 Å². The molecule has 0 aliphatic rings. The van der Waals surface area contributed by atoms with Crippen LogP contribution in [-0.4, -0.2) is 4.98 Å². The van der Waals surface area contributed by atoms with Crippen molar-refractivity contribution in [2.45, 2.75) is 0 Å². The molecule has 0 aliphatic heterocycles. The van der Waals surface area contributed by atoms with Gasteiger partial charge in [-0.2, -0.15) is 0 Å². The largest absolute Gasteiger partial charge is 0.382 e. The molecule has 0 saturated heterocycles. The molecular formula is C5H4BrClN2. The number of nitrogens with zero attached hydrogens (tertiary/aromatic N) is 1. The number of pyridine rings is 1. The van der Waals surface area contributed by atoms with Crippen LogP contribution in [-0.2, 0) is 0 Å². The lowest BCUT2D eigenvalue weighted by atomic mass is 10.5. The predicted molar refractivity (Wildman–Crippen MR) is 41.4 cm³/mol. The minimum absolute atomic E-state index is 0.353. The second kappa shape index (κ2) is 2.54. The first-order valence-electron chi connectivity index (χ1n) is 2.27. The Morgan fingerprint density at radius 1 is 1.67 bits per heavy atom. The topological polar surface area (TPSA) is 38.9 Å². The van der Waals surface area contributed by atoms with Gasteiger partial charge in [0.15, 0.2) is 0 Å². The summed E-state index contributed by atoms with van der Waals surface area (Å²) in [6.45, 7) is 0. The highest BCUT2D eigenvalue weighted by atomic mass is 79.9. The van der Waals surface area contributed by atoms with Crippen LogP contribution in [0.5, 0.6) is 0 Å². The summed E-state index contributed by atoms with van der Waals surface area (Å²) in [5.74, 6) is 0.353. The number of hydrogen-bond donors (Lipinski definition) is 1. The van der Waals surface area contributed by atoms with Gasteiger partial charge in [0.2, 0.25) is 0 Å². The molecule has 2 nitrogen and oxygen atoms in total. The standard InChI is InChI=1S/C5H4BrClN2/c6-3-1-2-9-5(8)4(3)7/h1-2H,(H2,8,9). The van der Waals surface area contributed by atoms with Gasteiger partial charge in [-0.15, -0.1) is 0 Å². The van der Waals surface area contributed by atoms with Gasteiger partial charge < -0.3 is 5.73 Å². The Labute approximate surface area is 66.2 Å². The number of nitrogen functional groups attached to an aromatic ring is 1. The highest BCUT2D eigenvalue weighted by Gasteiger charge is 1.98. The number of anilines is 1. The Bertz CT molecular complexity index is 206. The van der Waals surface area contributed by atoms with Crippen LogP contribution in [0.3, 0.4) is 0 Å². The van der Waals surface area contributed by atoms with Crippen LogP contribution in [0, 0.1) is 0 Å². The SMILES string of the molecule is Nc1nccc(Br)c1Cl. The molecule has 0 radical (unpaired) electrons. The normalized spacial score (nSPS) is 9.56. The molecule has 4 heteroatoms. The Hall–Kier alpha value is -0.280. The van der Waals surface area contributed by atoms with Gasteiger partial charge in [0, 0.05) is 10.7 Å². The van der Waals surface area contributed by atoms with Gasteiger partial charge in [0.1, 0.15) is 5.82 Å². The van der Waals surface area contributed by atoms with Gasteiger partial charge in [-0.3, -0.25) is 0 Å². The van der Waals surface area contributed by atoms with E-state index in [9.17, 15) is 0 Å². The summed E-state index contributed by atoms with van der Waals surface area (Å²) in [5, 5.41) is 0.470. The number of halogens is 2. The molecule has 0 atom stereocenters. The van der Waals surface area contributed by atoms with E-state index in [2.05, 4.69) is 20.9 Å². The van der Waals surface area contributed by atoms with Gasteiger partial charge in [-0.1, -0.05) is 11.6 Å². The van der Waals surface area contributed by atoms with Crippen molar-refractivity contribution in [3.8, 4) is 0 Å². The maximum atomic E-state index is 5.64. The van der Waals surface area contributed by atoms with Crippen LogP contribution in [0.25, 0.3) is 0 Å². The number of nitrogens with two attached hydrogens (primary N) is 1. The first kappa shape index (κ1) is 6.83. The maximum absolute atomic E-state index is 5.64. The van der Waals surface area contributed by atoms with E-state index in [1.54, 1.807) is 12.3 Å². The Balaban J connectivity index is 3.25. The molecule has 48 valence electrons. The summed E-state index contributed by atoms with van der Waals surface area (Å²) in [4.78, 5) is 3.76. The van der Waals surface area contributed by atoms with E-state index in [0.717, 1.165) is 4.47 Å². The second-order valence-electron chi connectivity index (χ2n) is 1.49. The fourth-order valence-electron chi connectivity index (χ4n) is 0.435. The maximum Gasteiger partial charge on any atom is 0.143 e. The van der Waals surface area contributed by atoms with Crippen molar-refractivity contribution in [3.63, 3.8) is 0 Å². The molecule has 0 fully saturated rings. The summed E-state index contributed by atoms with van der Waals surface area (Å²) < 4.78 is 0.775. The lowest BCUT2D eigenvalue weighted by Gasteiger charge is -1.95. The first-order chi connectivity index (χ1) is 4.22. The fourth-order valence-corrected chi connectivity index (χ4v) is 0.868. The van der Waals surface area contributed by atoms with Crippen LogP contribution >= 0.6 is 27.5 Å². The smallest absolute Gasteiger partial charge is 0.143 e. The molecule has 2 N–H and O–H groups in total. The first-order valence-corrected chi connectivity index (χ1v) is 3.44. The van der Waals surface area contributed by atoms with Crippen LogP contribution in [0.4, 0.5) is 5.82 Å². The van der Waals surface area contributed by atoms with E-state index in [0.29, 0.717) is 10.8 Å². The zero-order valence-corrected chi connectivity index (χ0v) is 6.78. The molecule has 1 heterocycles. The summed E-state index contributed by atoms with van der Waals surface area (Å²) in [6, 6.07) is 1.73. The zero-order valence-electron chi connectivity index (χ0n) is 4.44. The van der Waals surface area contributed by atoms with Crippen molar-refractivity contribution in [1.82, 2.24) is 4.98 Å². The molecule has 1 aromatic rings. The average molecular weight is 207 g/mol. The van der Waals surface area contributed by atoms with Crippen molar-refractivity contribution >= 4 is 33.3 Å². The number of hydrogen-bond acceptors (Lipinski definition) is 2. The lowest BCUT2D eigenvalue weighted by molar-refractivity contribution is 1.32. The van der Waals surface area contributed by atoms with E-state index in [1.807, 2.05) is 0 Å². The molecule has 0 saturated carbocycles. The molecule has 1 rings (SSSR count). The zero-order chi connectivity index (χ0) is 6.85. The van der Waals surface area contributed by atoms with Crippen LogP contribution in [0.15, 0.2) is 16.7 Å². The summed E-state index contributed by atoms with van der Waals surface area (Å²) in [5.41, 5.74) is 5.35. The Kier molecular flexibility index (Phi) is 1.93. The van der Waals surface area contributed by atoms with E-state index in [-0.39, 0.29) is 0 Å². The quantitative estimate of drug-likeness (QED) is 0.707. The summed E-state index contributed by atoms with van der Waals surface area (Å²) in [6.07, 6.45) is 1.59. The van der Waals surface area contributed by atoms with Gasteiger partial charge in [0.05, 0.1) is 5.02 Å². The number of aromatic nitrogens is 1. The third kappa shape index (κ3) is 1.34. The highest BCUT2D eigenvalue weighted by molar-refractivity contribution is 9.10. The molecular weight excluding hydrogens is 203 g/mol. The van der Waals surface area contributed by atoms with Gasteiger partial charge in [-0.25, -0.2) is 4.98 Å². The molecule has 0 bridgehead atoms. The van der Waals surface area contributed by atoms with Crippen molar-refractivity contribution in [2.75, 3.05) is 5.73 Å². The molecule has 1 aromatic heterocycles. The van der Waals surface area contributed by atoms with Crippen molar-refractivity contribution in [1.29, 1.82) is 0 Å². The van der Waals surface area contributed by atoms with E-state index in [1.165, 1.54) is 0 Å². The Morgan fingerprint density at radius 3 is 2.78 bits per heavy atom. The Morgan fingerprint density at radius 2 is 2.33 bits per heavy atom. The van der Waals surface area contributed by atoms with E-state index < -0.39 is 0 Å². The van der Waals surface area contributed by atoms with Gasteiger partial charge in [0.25, 0.3) is 0 Å². The molecule has 0 aliphatic carbocycles. The third-order valence-corrected chi connectivity index (χ3v) is 2.16. The lowest BCUT2D eigenvalue weighted by Crippen LogP contribution is -1.89. The van der Waals surface area contributed by atoms with Crippen LogP contribution in [0.1, 0.15) is 0 Å². The van der Waals surface area contributed by atoms with Crippen molar-refractivity contribution in [2.24, 2.45) is 0 Å². The monoisotopic (exact) mass is 206 g/mol. The third-order valence-electron chi connectivity index (χ3n) is 0.869. The minimum Gasteiger partial charge on any atom is -0.382 e. The van der Waals surface area contributed by atoms with Crippen molar-refractivity contribution in [3.05, 3.63) is 21.8 Å². The predicted octanol–water partition coefficient (Wildman–Crippen LogP) is 2.08. The molecule has 0 spiro atoms. The summed E-state index contributed by atoms with van der Waals surface area (Å²) >= 11 is 8.84. The molecule has 9 heavy (non-hydrogen) atoms. The van der Waals surface area contributed by atoms with Gasteiger partial charge in [-0.05, 0) is 22.0 Å². The van der Waals surface area contributed by atoms with Crippen LogP contribution < -0.4 is 5.73 Å². The molecule has 0 aromatic carbocycles. The number of rotatable bonds is 0.